The largest absolute Gasteiger partial charge is 0.451 e. The van der Waals surface area contributed by atoms with Gasteiger partial charge in [-0.2, -0.15) is 0 Å². The average molecular weight is 227 g/mol. The van der Waals surface area contributed by atoms with Gasteiger partial charge in [0.2, 0.25) is 0 Å². The molecule has 0 amide bonds. The van der Waals surface area contributed by atoms with Crippen LogP contribution in [0.1, 0.15) is 32.6 Å². The van der Waals surface area contributed by atoms with Crippen molar-refractivity contribution in [2.45, 2.75) is 38.9 Å². The zero-order chi connectivity index (χ0) is 12.1. The topological polar surface area (TPSA) is 43.7 Å². The van der Waals surface area contributed by atoms with Gasteiger partial charge in [0.1, 0.15) is 0 Å². The van der Waals surface area contributed by atoms with Crippen LogP contribution in [0.2, 0.25) is 6.32 Å². The fourth-order valence-electron chi connectivity index (χ4n) is 2.96. The Hall–Kier alpha value is -0.0551. The van der Waals surface area contributed by atoms with Crippen molar-refractivity contribution >= 4 is 7.12 Å². The lowest BCUT2D eigenvalue weighted by atomic mass is 9.70. The van der Waals surface area contributed by atoms with Crippen LogP contribution >= 0.6 is 0 Å². The molecule has 3 nitrogen and oxygen atoms in total. The molecule has 1 aliphatic carbocycles. The quantitative estimate of drug-likeness (QED) is 0.699. The van der Waals surface area contributed by atoms with E-state index >= 15 is 0 Å². The molecule has 0 saturated heterocycles. The molecule has 4 heteroatoms. The smallest absolute Gasteiger partial charge is 0.427 e. The van der Waals surface area contributed by atoms with Crippen LogP contribution in [0.5, 0.6) is 0 Å². The van der Waals surface area contributed by atoms with E-state index in [1.165, 1.54) is 25.8 Å². The summed E-state index contributed by atoms with van der Waals surface area (Å²) in [4.78, 5) is 2.28. The molecule has 0 aliphatic heterocycles. The molecule has 0 radical (unpaired) electrons. The third-order valence-electron chi connectivity index (χ3n) is 3.89. The van der Waals surface area contributed by atoms with Crippen molar-refractivity contribution in [1.82, 2.24) is 4.90 Å². The van der Waals surface area contributed by atoms with Crippen molar-refractivity contribution in [3.8, 4) is 0 Å². The minimum absolute atomic E-state index is 0.537. The Bertz CT molecular complexity index is 199. The summed E-state index contributed by atoms with van der Waals surface area (Å²) in [7, 11) is 3.16. The maximum atomic E-state index is 8.87. The van der Waals surface area contributed by atoms with Gasteiger partial charge in [0.05, 0.1) is 0 Å². The van der Waals surface area contributed by atoms with Crippen LogP contribution in [0.3, 0.4) is 0 Å². The first-order valence-corrected chi connectivity index (χ1v) is 6.50. The molecule has 1 rings (SSSR count). The van der Waals surface area contributed by atoms with Gasteiger partial charge in [-0.15, -0.1) is 0 Å². The van der Waals surface area contributed by atoms with Crippen molar-refractivity contribution in [2.75, 3.05) is 20.6 Å². The highest BCUT2D eigenvalue weighted by Gasteiger charge is 2.28. The van der Waals surface area contributed by atoms with Crippen molar-refractivity contribution in [3.05, 3.63) is 0 Å². The van der Waals surface area contributed by atoms with Gasteiger partial charge in [-0.05, 0) is 51.0 Å². The molecule has 16 heavy (non-hydrogen) atoms. The molecule has 0 aromatic rings. The Morgan fingerprint density at radius 2 is 1.94 bits per heavy atom. The summed E-state index contributed by atoms with van der Waals surface area (Å²) in [5.74, 6) is 2.30. The van der Waals surface area contributed by atoms with Crippen molar-refractivity contribution < 1.29 is 10.0 Å². The standard InChI is InChI=1S/C12H26BNO2/c1-10-8-11(6-7-13(15)16)4-5-12(10)9-14(2)3/h10-12,15-16H,4-9H2,1-3H3/t10-,11-,12-/m0/s1. The summed E-state index contributed by atoms with van der Waals surface area (Å²) in [5, 5.41) is 17.7. The molecule has 1 fully saturated rings. The molecule has 1 aliphatic rings. The van der Waals surface area contributed by atoms with Gasteiger partial charge in [-0.25, -0.2) is 0 Å². The molecular formula is C12H26BNO2. The lowest BCUT2D eigenvalue weighted by Gasteiger charge is -2.35. The van der Waals surface area contributed by atoms with Crippen LogP contribution in [0, 0.1) is 17.8 Å². The zero-order valence-corrected chi connectivity index (χ0v) is 10.9. The van der Waals surface area contributed by atoms with Gasteiger partial charge in [-0.3, -0.25) is 0 Å². The molecule has 0 aromatic carbocycles. The first-order chi connectivity index (χ1) is 7.49. The Morgan fingerprint density at radius 3 is 2.44 bits per heavy atom. The second-order valence-corrected chi connectivity index (χ2v) is 5.74. The van der Waals surface area contributed by atoms with E-state index in [-0.39, 0.29) is 0 Å². The molecule has 0 bridgehead atoms. The summed E-state index contributed by atoms with van der Waals surface area (Å²) < 4.78 is 0. The van der Waals surface area contributed by atoms with Gasteiger partial charge in [0.15, 0.2) is 0 Å². The molecule has 0 aromatic heterocycles. The Balaban J connectivity index is 2.28. The summed E-state index contributed by atoms with van der Waals surface area (Å²) >= 11 is 0. The predicted molar refractivity (Wildman–Crippen MR) is 68.2 cm³/mol. The highest BCUT2D eigenvalue weighted by Crippen LogP contribution is 2.36. The van der Waals surface area contributed by atoms with Gasteiger partial charge in [0, 0.05) is 6.54 Å². The van der Waals surface area contributed by atoms with Crippen molar-refractivity contribution in [3.63, 3.8) is 0 Å². The van der Waals surface area contributed by atoms with Gasteiger partial charge in [0.25, 0.3) is 0 Å². The summed E-state index contributed by atoms with van der Waals surface area (Å²) in [5.41, 5.74) is 0. The predicted octanol–water partition coefficient (Wildman–Crippen LogP) is 1.46. The van der Waals surface area contributed by atoms with Crippen LogP contribution in [0.4, 0.5) is 0 Å². The first kappa shape index (κ1) is 14.0. The summed E-state index contributed by atoms with van der Waals surface area (Å²) in [6.45, 7) is 3.53. The van der Waals surface area contributed by atoms with Crippen LogP contribution in [0.25, 0.3) is 0 Å². The molecule has 3 atom stereocenters. The summed E-state index contributed by atoms with van der Waals surface area (Å²) in [6, 6.07) is 0. The Morgan fingerprint density at radius 1 is 1.25 bits per heavy atom. The van der Waals surface area contributed by atoms with E-state index in [1.807, 2.05) is 0 Å². The second-order valence-electron chi connectivity index (χ2n) is 5.74. The third kappa shape index (κ3) is 4.85. The normalized spacial score (nSPS) is 30.8. The second kappa shape index (κ2) is 6.62. The molecule has 0 unspecified atom stereocenters. The highest BCUT2D eigenvalue weighted by atomic mass is 16.4. The number of hydrogen-bond acceptors (Lipinski definition) is 3. The fraction of sp³-hybridized carbons (Fsp3) is 1.00. The molecule has 1 saturated carbocycles. The van der Waals surface area contributed by atoms with E-state index in [0.717, 1.165) is 18.3 Å². The molecule has 0 spiro atoms. The maximum Gasteiger partial charge on any atom is 0.451 e. The minimum atomic E-state index is -1.12. The van der Waals surface area contributed by atoms with Crippen LogP contribution in [-0.4, -0.2) is 42.7 Å². The van der Waals surface area contributed by atoms with E-state index < -0.39 is 7.12 Å². The van der Waals surface area contributed by atoms with Crippen molar-refractivity contribution in [1.29, 1.82) is 0 Å². The maximum absolute atomic E-state index is 8.87. The van der Waals surface area contributed by atoms with Gasteiger partial charge in [-0.1, -0.05) is 19.8 Å². The monoisotopic (exact) mass is 227 g/mol. The zero-order valence-electron chi connectivity index (χ0n) is 10.9. The van der Waals surface area contributed by atoms with E-state index in [9.17, 15) is 0 Å². The van der Waals surface area contributed by atoms with E-state index in [1.54, 1.807) is 0 Å². The van der Waals surface area contributed by atoms with Gasteiger partial charge >= 0.3 is 7.12 Å². The SMILES string of the molecule is C[C@H]1C[C@H](CCB(O)O)CC[C@H]1CN(C)C. The van der Waals surface area contributed by atoms with E-state index in [2.05, 4.69) is 25.9 Å². The fourth-order valence-corrected chi connectivity index (χ4v) is 2.96. The van der Waals surface area contributed by atoms with E-state index in [0.29, 0.717) is 12.2 Å². The molecule has 2 N–H and O–H groups in total. The Labute approximate surface area is 100.0 Å². The van der Waals surface area contributed by atoms with Crippen molar-refractivity contribution in [2.24, 2.45) is 17.8 Å². The molecular weight excluding hydrogens is 201 g/mol. The summed E-state index contributed by atoms with van der Waals surface area (Å²) in [6.07, 6.45) is 5.32. The van der Waals surface area contributed by atoms with Crippen LogP contribution in [0.15, 0.2) is 0 Å². The highest BCUT2D eigenvalue weighted by molar-refractivity contribution is 6.40. The average Bonchev–Trinajstić information content (AvgIpc) is 2.18. The number of hydrogen-bond donors (Lipinski definition) is 2. The molecule has 94 valence electrons. The number of nitrogens with zero attached hydrogens (tertiary/aromatic N) is 1. The van der Waals surface area contributed by atoms with Gasteiger partial charge < -0.3 is 14.9 Å². The minimum Gasteiger partial charge on any atom is -0.427 e. The van der Waals surface area contributed by atoms with Crippen LogP contribution < -0.4 is 0 Å². The first-order valence-electron chi connectivity index (χ1n) is 6.50. The number of rotatable bonds is 5. The van der Waals surface area contributed by atoms with E-state index in [4.69, 9.17) is 10.0 Å². The molecule has 0 heterocycles. The lowest BCUT2D eigenvalue weighted by Crippen LogP contribution is -2.31. The third-order valence-corrected chi connectivity index (χ3v) is 3.89. The van der Waals surface area contributed by atoms with Crippen LogP contribution in [-0.2, 0) is 0 Å². The Kier molecular flexibility index (Phi) is 5.80. The lowest BCUT2D eigenvalue weighted by molar-refractivity contribution is 0.154.